The van der Waals surface area contributed by atoms with Crippen LogP contribution in [0.5, 0.6) is 0 Å². The average molecular weight is 343 g/mol. The van der Waals surface area contributed by atoms with Gasteiger partial charge in [-0.05, 0) is 25.3 Å². The van der Waals surface area contributed by atoms with E-state index in [4.69, 9.17) is 4.74 Å². The first-order valence-electron chi connectivity index (χ1n) is 8.21. The van der Waals surface area contributed by atoms with Crippen molar-refractivity contribution in [3.8, 4) is 0 Å². The SMILES string of the molecule is CC(Cn1ccnc1C1CC1)(NC(=O)OCc1ccccc1)C(=O)O. The molecule has 0 radical (unpaired) electrons. The van der Waals surface area contributed by atoms with Gasteiger partial charge in [0.1, 0.15) is 12.4 Å². The highest BCUT2D eigenvalue weighted by Gasteiger charge is 2.38. The molecule has 7 heteroatoms. The molecule has 1 atom stereocenters. The van der Waals surface area contributed by atoms with E-state index in [0.29, 0.717) is 5.92 Å². The van der Waals surface area contributed by atoms with Gasteiger partial charge in [-0.15, -0.1) is 0 Å². The van der Waals surface area contributed by atoms with E-state index < -0.39 is 17.6 Å². The summed E-state index contributed by atoms with van der Waals surface area (Å²) < 4.78 is 6.94. The van der Waals surface area contributed by atoms with Crippen molar-refractivity contribution in [3.63, 3.8) is 0 Å². The molecule has 25 heavy (non-hydrogen) atoms. The Bertz CT molecular complexity index is 755. The Hall–Kier alpha value is -2.83. The maximum atomic E-state index is 12.1. The molecule has 1 aromatic heterocycles. The monoisotopic (exact) mass is 343 g/mol. The molecule has 2 N–H and O–H groups in total. The third-order valence-electron chi connectivity index (χ3n) is 4.24. The zero-order chi connectivity index (χ0) is 17.9. The number of aromatic nitrogens is 2. The second kappa shape index (κ2) is 6.96. The van der Waals surface area contributed by atoms with Crippen molar-refractivity contribution in [1.29, 1.82) is 0 Å². The number of carboxylic acids is 1. The Morgan fingerprint density at radius 3 is 2.72 bits per heavy atom. The number of nitrogens with zero attached hydrogens (tertiary/aromatic N) is 2. The van der Waals surface area contributed by atoms with Gasteiger partial charge in [0.05, 0.1) is 6.54 Å². The molecule has 1 aromatic carbocycles. The molecule has 132 valence electrons. The minimum atomic E-state index is -1.49. The summed E-state index contributed by atoms with van der Waals surface area (Å²) in [5.41, 5.74) is -0.654. The lowest BCUT2D eigenvalue weighted by atomic mass is 10.0. The summed E-state index contributed by atoms with van der Waals surface area (Å²) in [6, 6.07) is 9.22. The van der Waals surface area contributed by atoms with E-state index in [-0.39, 0.29) is 13.2 Å². The van der Waals surface area contributed by atoms with Crippen molar-refractivity contribution in [2.75, 3.05) is 0 Å². The number of amides is 1. The molecule has 1 unspecified atom stereocenters. The molecular formula is C18H21N3O4. The molecule has 1 heterocycles. The first-order chi connectivity index (χ1) is 12.0. The van der Waals surface area contributed by atoms with Gasteiger partial charge in [-0.2, -0.15) is 0 Å². The minimum Gasteiger partial charge on any atom is -0.479 e. The van der Waals surface area contributed by atoms with Crippen LogP contribution in [-0.4, -0.2) is 32.3 Å². The van der Waals surface area contributed by atoms with Crippen molar-refractivity contribution < 1.29 is 19.4 Å². The number of aliphatic carboxylic acids is 1. The molecule has 1 saturated carbocycles. The van der Waals surface area contributed by atoms with E-state index in [1.54, 1.807) is 17.0 Å². The molecule has 0 aliphatic heterocycles. The summed E-state index contributed by atoms with van der Waals surface area (Å²) in [7, 11) is 0. The smallest absolute Gasteiger partial charge is 0.408 e. The zero-order valence-electron chi connectivity index (χ0n) is 14.0. The molecule has 1 aliphatic rings. The molecular weight excluding hydrogens is 322 g/mol. The van der Waals surface area contributed by atoms with Crippen molar-refractivity contribution in [1.82, 2.24) is 14.9 Å². The minimum absolute atomic E-state index is 0.0841. The van der Waals surface area contributed by atoms with Gasteiger partial charge in [0.2, 0.25) is 0 Å². The number of ether oxygens (including phenoxy) is 1. The Kier molecular flexibility index (Phi) is 4.74. The van der Waals surface area contributed by atoms with Crippen LogP contribution < -0.4 is 5.32 Å². The summed E-state index contributed by atoms with van der Waals surface area (Å²) in [6.45, 7) is 1.64. The van der Waals surface area contributed by atoms with Gasteiger partial charge in [0.15, 0.2) is 5.54 Å². The second-order valence-corrected chi connectivity index (χ2v) is 6.51. The number of benzene rings is 1. The number of imidazole rings is 1. The van der Waals surface area contributed by atoms with Gasteiger partial charge < -0.3 is 19.7 Å². The van der Waals surface area contributed by atoms with Gasteiger partial charge in [-0.3, -0.25) is 0 Å². The van der Waals surface area contributed by atoms with Crippen LogP contribution >= 0.6 is 0 Å². The molecule has 0 bridgehead atoms. The van der Waals surface area contributed by atoms with Crippen LogP contribution in [0.15, 0.2) is 42.7 Å². The van der Waals surface area contributed by atoms with Crippen molar-refractivity contribution >= 4 is 12.1 Å². The largest absolute Gasteiger partial charge is 0.479 e. The Labute approximate surface area is 145 Å². The lowest BCUT2D eigenvalue weighted by Crippen LogP contribution is -2.55. The Morgan fingerprint density at radius 2 is 2.08 bits per heavy atom. The average Bonchev–Trinajstić information content (AvgIpc) is 3.33. The molecule has 2 aromatic rings. The Balaban J connectivity index is 1.64. The quantitative estimate of drug-likeness (QED) is 0.806. The normalized spacial score (nSPS) is 16.0. The van der Waals surface area contributed by atoms with Gasteiger partial charge in [-0.1, -0.05) is 30.3 Å². The molecule has 1 aliphatic carbocycles. The third kappa shape index (κ3) is 4.17. The van der Waals surface area contributed by atoms with Crippen LogP contribution in [0.25, 0.3) is 0 Å². The highest BCUT2D eigenvalue weighted by Crippen LogP contribution is 2.39. The predicted octanol–water partition coefficient (Wildman–Crippen LogP) is 2.53. The summed E-state index contributed by atoms with van der Waals surface area (Å²) >= 11 is 0. The van der Waals surface area contributed by atoms with Gasteiger partial charge in [0.25, 0.3) is 0 Å². The van der Waals surface area contributed by atoms with E-state index in [1.165, 1.54) is 6.92 Å². The number of hydrogen-bond acceptors (Lipinski definition) is 4. The van der Waals surface area contributed by atoms with E-state index in [0.717, 1.165) is 24.2 Å². The van der Waals surface area contributed by atoms with Gasteiger partial charge in [-0.25, -0.2) is 14.6 Å². The van der Waals surface area contributed by atoms with E-state index >= 15 is 0 Å². The van der Waals surface area contributed by atoms with E-state index in [1.807, 2.05) is 30.3 Å². The number of carboxylic acid groups (broad SMARTS) is 1. The second-order valence-electron chi connectivity index (χ2n) is 6.51. The summed E-state index contributed by atoms with van der Waals surface area (Å²) in [6.07, 6.45) is 4.76. The maximum Gasteiger partial charge on any atom is 0.408 e. The van der Waals surface area contributed by atoms with Crippen molar-refractivity contribution in [2.24, 2.45) is 0 Å². The van der Waals surface area contributed by atoms with Gasteiger partial charge >= 0.3 is 12.1 Å². The Morgan fingerprint density at radius 1 is 1.36 bits per heavy atom. The number of carbonyl (C=O) groups excluding carboxylic acids is 1. The number of carbonyl (C=O) groups is 2. The predicted molar refractivity (Wildman–Crippen MR) is 90.0 cm³/mol. The summed E-state index contributed by atoms with van der Waals surface area (Å²) in [5, 5.41) is 12.1. The summed E-state index contributed by atoms with van der Waals surface area (Å²) in [5.74, 6) is 0.129. The topological polar surface area (TPSA) is 93.5 Å². The van der Waals surface area contributed by atoms with Crippen molar-refractivity contribution in [3.05, 3.63) is 54.1 Å². The fraction of sp³-hybridized carbons (Fsp3) is 0.389. The zero-order valence-corrected chi connectivity index (χ0v) is 14.0. The lowest BCUT2D eigenvalue weighted by molar-refractivity contribution is -0.144. The fourth-order valence-electron chi connectivity index (χ4n) is 2.64. The molecule has 0 spiro atoms. The van der Waals surface area contributed by atoms with Crippen LogP contribution in [0.3, 0.4) is 0 Å². The van der Waals surface area contributed by atoms with Crippen LogP contribution in [0.4, 0.5) is 4.79 Å². The first kappa shape index (κ1) is 17.0. The summed E-state index contributed by atoms with van der Waals surface area (Å²) in [4.78, 5) is 28.1. The molecule has 1 fully saturated rings. The fourth-order valence-corrected chi connectivity index (χ4v) is 2.64. The van der Waals surface area contributed by atoms with Crippen LogP contribution in [0.2, 0.25) is 0 Å². The van der Waals surface area contributed by atoms with E-state index in [9.17, 15) is 14.7 Å². The number of hydrogen-bond donors (Lipinski definition) is 2. The molecule has 0 saturated heterocycles. The highest BCUT2D eigenvalue weighted by atomic mass is 16.5. The van der Waals surface area contributed by atoms with Crippen LogP contribution in [0, 0.1) is 0 Å². The molecule has 1 amide bonds. The highest BCUT2D eigenvalue weighted by molar-refractivity contribution is 5.83. The van der Waals surface area contributed by atoms with E-state index in [2.05, 4.69) is 10.3 Å². The maximum absolute atomic E-state index is 12.1. The number of alkyl carbamates (subject to hydrolysis) is 1. The lowest BCUT2D eigenvalue weighted by Gasteiger charge is -2.27. The first-order valence-corrected chi connectivity index (χ1v) is 8.21. The number of rotatable bonds is 7. The standard InChI is InChI=1S/C18H21N3O4/c1-18(16(22)23,12-21-10-9-19-15(21)14-7-8-14)20-17(24)25-11-13-5-3-2-4-6-13/h2-6,9-10,14H,7-8,11-12H2,1H3,(H,20,24)(H,22,23). The van der Waals surface area contributed by atoms with Gasteiger partial charge in [0, 0.05) is 18.3 Å². The molecule has 7 nitrogen and oxygen atoms in total. The van der Waals surface area contributed by atoms with Crippen LogP contribution in [-0.2, 0) is 22.7 Å². The molecule has 3 rings (SSSR count). The third-order valence-corrected chi connectivity index (χ3v) is 4.24. The van der Waals surface area contributed by atoms with Crippen molar-refractivity contribution in [2.45, 2.75) is 44.4 Å². The number of nitrogens with one attached hydrogen (secondary N) is 1. The van der Waals surface area contributed by atoms with Crippen LogP contribution in [0.1, 0.15) is 37.1 Å².